The molecule has 0 fully saturated rings. The second-order valence-electron chi connectivity index (χ2n) is 3.06. The van der Waals surface area contributed by atoms with E-state index in [0.29, 0.717) is 11.8 Å². The van der Waals surface area contributed by atoms with Gasteiger partial charge in [0.15, 0.2) is 0 Å². The molecular formula is C11H11NO2S. The Morgan fingerprint density at radius 3 is 2.80 bits per heavy atom. The van der Waals surface area contributed by atoms with Crippen molar-refractivity contribution in [3.8, 4) is 0 Å². The highest BCUT2D eigenvalue weighted by Crippen LogP contribution is 2.32. The van der Waals surface area contributed by atoms with Crippen molar-refractivity contribution in [3.63, 3.8) is 0 Å². The lowest BCUT2D eigenvalue weighted by molar-refractivity contribution is -0.111. The minimum atomic E-state index is -0.391. The van der Waals surface area contributed by atoms with Crippen molar-refractivity contribution in [2.45, 2.75) is 13.0 Å². The highest BCUT2D eigenvalue weighted by Gasteiger charge is 2.30. The van der Waals surface area contributed by atoms with Gasteiger partial charge >= 0.3 is 0 Å². The third-order valence-corrected chi connectivity index (χ3v) is 2.85. The fourth-order valence-electron chi connectivity index (χ4n) is 1.36. The maximum absolute atomic E-state index is 11.6. The molecule has 1 aromatic rings. The van der Waals surface area contributed by atoms with E-state index in [2.05, 4.69) is 4.99 Å². The minimum Gasteiger partial charge on any atom is -0.473 e. The summed E-state index contributed by atoms with van der Waals surface area (Å²) in [7, 11) is 0. The summed E-state index contributed by atoms with van der Waals surface area (Å²) in [6.07, 6.45) is 0. The summed E-state index contributed by atoms with van der Waals surface area (Å²) >= 11 is 1.08. The third kappa shape index (κ3) is 2.21. The fraction of sp³-hybridized carbons (Fsp3) is 0.273. The highest BCUT2D eigenvalue weighted by atomic mass is 32.2. The van der Waals surface area contributed by atoms with Crippen molar-refractivity contribution in [2.75, 3.05) is 6.61 Å². The van der Waals surface area contributed by atoms with E-state index in [1.165, 1.54) is 0 Å². The van der Waals surface area contributed by atoms with Gasteiger partial charge in [0.25, 0.3) is 5.23 Å². The van der Waals surface area contributed by atoms with Crippen LogP contribution >= 0.6 is 11.8 Å². The smallest absolute Gasteiger partial charge is 0.254 e. The quantitative estimate of drug-likeness (QED) is 0.769. The molecule has 1 heterocycles. The van der Waals surface area contributed by atoms with Gasteiger partial charge in [0, 0.05) is 11.8 Å². The molecule has 0 amide bonds. The Balaban J connectivity index is 2.20. The number of thioether (sulfide) groups is 1. The average Bonchev–Trinajstić information content (AvgIpc) is 2.61. The molecule has 0 aliphatic carbocycles. The number of aliphatic imine (C=N–C) groups is 1. The van der Waals surface area contributed by atoms with Crippen LogP contribution in [-0.2, 0) is 9.53 Å². The SMILES string of the molecule is CCOC1=N[C@@H](c2ccccc2)C(=O)S1. The number of hydrogen-bond acceptors (Lipinski definition) is 4. The van der Waals surface area contributed by atoms with Gasteiger partial charge in [0.1, 0.15) is 6.04 Å². The molecule has 0 aromatic heterocycles. The zero-order valence-corrected chi connectivity index (χ0v) is 9.16. The first kappa shape index (κ1) is 10.2. The molecule has 0 saturated carbocycles. The van der Waals surface area contributed by atoms with Crippen LogP contribution in [0, 0.1) is 0 Å². The lowest BCUT2D eigenvalue weighted by Gasteiger charge is -2.02. The molecular weight excluding hydrogens is 210 g/mol. The summed E-state index contributed by atoms with van der Waals surface area (Å²) < 4.78 is 5.22. The second-order valence-corrected chi connectivity index (χ2v) is 4.02. The van der Waals surface area contributed by atoms with Crippen LogP contribution in [0.15, 0.2) is 35.3 Å². The topological polar surface area (TPSA) is 38.7 Å². The monoisotopic (exact) mass is 221 g/mol. The summed E-state index contributed by atoms with van der Waals surface area (Å²) in [6.45, 7) is 2.42. The number of ether oxygens (including phenoxy) is 1. The molecule has 1 aromatic carbocycles. The lowest BCUT2D eigenvalue weighted by atomic mass is 10.1. The molecule has 0 unspecified atom stereocenters. The Morgan fingerprint density at radius 2 is 2.13 bits per heavy atom. The third-order valence-electron chi connectivity index (χ3n) is 2.03. The maximum atomic E-state index is 11.6. The van der Waals surface area contributed by atoms with Crippen LogP contribution in [0.5, 0.6) is 0 Å². The normalized spacial score (nSPS) is 20.2. The Bertz CT molecular complexity index is 389. The lowest BCUT2D eigenvalue weighted by Crippen LogP contribution is -2.00. The van der Waals surface area contributed by atoms with E-state index in [1.807, 2.05) is 37.3 Å². The standard InChI is InChI=1S/C11H11NO2S/c1-2-14-11-12-9(10(13)15-11)8-6-4-3-5-7-8/h3-7,9H,2H2,1H3/t9-/m0/s1. The van der Waals surface area contributed by atoms with Gasteiger partial charge in [0.2, 0.25) is 5.12 Å². The number of carbonyl (C=O) groups excluding carboxylic acids is 1. The molecule has 0 radical (unpaired) electrons. The Hall–Kier alpha value is -1.29. The van der Waals surface area contributed by atoms with Gasteiger partial charge in [-0.1, -0.05) is 30.3 Å². The van der Waals surface area contributed by atoms with Crippen molar-refractivity contribution >= 4 is 22.1 Å². The van der Waals surface area contributed by atoms with Crippen LogP contribution in [0.4, 0.5) is 0 Å². The van der Waals surface area contributed by atoms with Gasteiger partial charge in [-0.15, -0.1) is 0 Å². The van der Waals surface area contributed by atoms with E-state index in [9.17, 15) is 4.79 Å². The largest absolute Gasteiger partial charge is 0.473 e. The zero-order valence-electron chi connectivity index (χ0n) is 8.34. The number of hydrogen-bond donors (Lipinski definition) is 0. The number of carbonyl (C=O) groups is 1. The average molecular weight is 221 g/mol. The van der Waals surface area contributed by atoms with E-state index in [-0.39, 0.29) is 5.12 Å². The summed E-state index contributed by atoms with van der Waals surface area (Å²) in [5.74, 6) is 0. The maximum Gasteiger partial charge on any atom is 0.254 e. The summed E-state index contributed by atoms with van der Waals surface area (Å²) in [5, 5.41) is 0.515. The van der Waals surface area contributed by atoms with E-state index < -0.39 is 6.04 Å². The van der Waals surface area contributed by atoms with Gasteiger partial charge in [0.05, 0.1) is 6.61 Å². The molecule has 1 atom stereocenters. The zero-order chi connectivity index (χ0) is 10.7. The first-order valence-electron chi connectivity index (χ1n) is 4.78. The Labute approximate surface area is 92.5 Å². The first-order valence-corrected chi connectivity index (χ1v) is 5.60. The van der Waals surface area contributed by atoms with Gasteiger partial charge in [-0.3, -0.25) is 4.79 Å². The summed E-state index contributed by atoms with van der Waals surface area (Å²) in [6, 6.07) is 9.15. The molecule has 15 heavy (non-hydrogen) atoms. The van der Waals surface area contributed by atoms with Gasteiger partial charge in [-0.2, -0.15) is 0 Å². The predicted octanol–water partition coefficient (Wildman–Crippen LogP) is 2.39. The molecule has 2 rings (SSSR count). The van der Waals surface area contributed by atoms with Crippen LogP contribution in [0.2, 0.25) is 0 Å². The molecule has 1 aliphatic rings. The van der Waals surface area contributed by atoms with Gasteiger partial charge < -0.3 is 4.74 Å². The molecule has 4 heteroatoms. The molecule has 0 spiro atoms. The van der Waals surface area contributed by atoms with E-state index in [0.717, 1.165) is 17.3 Å². The molecule has 3 nitrogen and oxygen atoms in total. The molecule has 0 bridgehead atoms. The first-order chi connectivity index (χ1) is 7.31. The van der Waals surface area contributed by atoms with Crippen LogP contribution < -0.4 is 0 Å². The van der Waals surface area contributed by atoms with Crippen LogP contribution in [0.3, 0.4) is 0 Å². The van der Waals surface area contributed by atoms with Crippen molar-refractivity contribution in [2.24, 2.45) is 4.99 Å². The number of benzene rings is 1. The van der Waals surface area contributed by atoms with E-state index in [1.54, 1.807) is 0 Å². The van der Waals surface area contributed by atoms with Crippen LogP contribution in [0.25, 0.3) is 0 Å². The summed E-state index contributed by atoms with van der Waals surface area (Å²) in [5.41, 5.74) is 0.921. The highest BCUT2D eigenvalue weighted by molar-refractivity contribution is 8.26. The second kappa shape index (κ2) is 4.49. The fourth-order valence-corrected chi connectivity index (χ4v) is 2.17. The molecule has 0 N–H and O–H groups in total. The number of rotatable bonds is 2. The molecule has 78 valence electrons. The predicted molar refractivity (Wildman–Crippen MR) is 60.8 cm³/mol. The van der Waals surface area contributed by atoms with Crippen molar-refractivity contribution in [1.82, 2.24) is 0 Å². The van der Waals surface area contributed by atoms with Gasteiger partial charge in [-0.25, -0.2) is 4.99 Å². The molecule has 0 saturated heterocycles. The molecule has 1 aliphatic heterocycles. The van der Waals surface area contributed by atoms with Crippen LogP contribution in [0.1, 0.15) is 18.5 Å². The Morgan fingerprint density at radius 1 is 1.40 bits per heavy atom. The van der Waals surface area contributed by atoms with Crippen LogP contribution in [-0.4, -0.2) is 17.0 Å². The van der Waals surface area contributed by atoms with Crippen molar-refractivity contribution in [1.29, 1.82) is 0 Å². The van der Waals surface area contributed by atoms with Crippen molar-refractivity contribution < 1.29 is 9.53 Å². The Kier molecular flexibility index (Phi) is 3.06. The number of nitrogens with zero attached hydrogens (tertiary/aromatic N) is 1. The van der Waals surface area contributed by atoms with Gasteiger partial charge in [-0.05, 0) is 12.5 Å². The summed E-state index contributed by atoms with van der Waals surface area (Å²) in [4.78, 5) is 15.9. The van der Waals surface area contributed by atoms with E-state index >= 15 is 0 Å². The minimum absolute atomic E-state index is 0.0321. The van der Waals surface area contributed by atoms with E-state index in [4.69, 9.17) is 4.74 Å². The van der Waals surface area contributed by atoms with Crippen molar-refractivity contribution in [3.05, 3.63) is 35.9 Å².